The number of likely N-dealkylation sites (N-methyl/N-ethyl adjacent to an activating group) is 1. The topological polar surface area (TPSA) is 76.0 Å². The van der Waals surface area contributed by atoms with Gasteiger partial charge in [-0.25, -0.2) is 9.37 Å². The molecule has 0 spiro atoms. The summed E-state index contributed by atoms with van der Waals surface area (Å²) in [5.41, 5.74) is 3.39. The molecule has 1 aliphatic heterocycles. The van der Waals surface area contributed by atoms with Crippen LogP contribution in [0.5, 0.6) is 5.75 Å². The van der Waals surface area contributed by atoms with E-state index in [9.17, 15) is 9.18 Å². The molecule has 0 aliphatic carbocycles. The predicted octanol–water partition coefficient (Wildman–Crippen LogP) is 4.21. The van der Waals surface area contributed by atoms with Gasteiger partial charge in [0.25, 0.3) is 0 Å². The quantitative estimate of drug-likeness (QED) is 0.430. The predicted molar refractivity (Wildman–Crippen MR) is 124 cm³/mol. The Kier molecular flexibility index (Phi) is 5.64. The van der Waals surface area contributed by atoms with E-state index in [0.29, 0.717) is 51.9 Å². The van der Waals surface area contributed by atoms with Gasteiger partial charge in [-0.1, -0.05) is 11.6 Å². The highest BCUT2D eigenvalue weighted by molar-refractivity contribution is 6.32. The minimum absolute atomic E-state index is 0.0330. The van der Waals surface area contributed by atoms with Crippen molar-refractivity contribution < 1.29 is 13.9 Å². The summed E-state index contributed by atoms with van der Waals surface area (Å²) in [5, 5.41) is 7.87. The molecule has 0 amide bonds. The molecule has 0 saturated heterocycles. The van der Waals surface area contributed by atoms with E-state index in [2.05, 4.69) is 15.1 Å². The standard InChI is InChI=1S/C24H23ClFN5O2/c1-30(2)7-8-31-12-19(17-4-5-20(28-24(17)31)18-11-27-29-23(18)25)22(32)15-9-14-10-16(26)3-6-21(14)33-13-15/h3-6,10-12,15H,7-9,13H2,1-2H3,(H,27,29). The number of hydrogen-bond acceptors (Lipinski definition) is 5. The van der Waals surface area contributed by atoms with E-state index >= 15 is 0 Å². The molecule has 0 fully saturated rings. The molecule has 3 aromatic heterocycles. The summed E-state index contributed by atoms with van der Waals surface area (Å²) in [6, 6.07) is 8.17. The second kappa shape index (κ2) is 8.61. The van der Waals surface area contributed by atoms with Crippen molar-refractivity contribution in [1.82, 2.24) is 24.6 Å². The molecule has 7 nitrogen and oxygen atoms in total. The van der Waals surface area contributed by atoms with Crippen LogP contribution >= 0.6 is 11.6 Å². The summed E-state index contributed by atoms with van der Waals surface area (Å²) in [7, 11) is 4.00. The number of rotatable bonds is 6. The number of benzene rings is 1. The molecule has 0 bridgehead atoms. The lowest BCUT2D eigenvalue weighted by Gasteiger charge is -2.24. The monoisotopic (exact) mass is 467 g/mol. The van der Waals surface area contributed by atoms with Gasteiger partial charge in [-0.3, -0.25) is 9.89 Å². The maximum atomic E-state index is 13.7. The Labute approximate surface area is 195 Å². The average molecular weight is 468 g/mol. The largest absolute Gasteiger partial charge is 0.493 e. The number of ketones is 1. The summed E-state index contributed by atoms with van der Waals surface area (Å²) in [5.74, 6) is -0.123. The van der Waals surface area contributed by atoms with Crippen LogP contribution in [0.1, 0.15) is 15.9 Å². The molecule has 1 aliphatic rings. The highest BCUT2D eigenvalue weighted by Crippen LogP contribution is 2.33. The number of pyridine rings is 1. The Morgan fingerprint density at radius 3 is 2.94 bits per heavy atom. The van der Waals surface area contributed by atoms with Crippen molar-refractivity contribution in [2.45, 2.75) is 13.0 Å². The Hall–Kier alpha value is -3.23. The number of fused-ring (bicyclic) bond motifs is 2. The Bertz CT molecular complexity index is 1350. The van der Waals surface area contributed by atoms with E-state index in [1.54, 1.807) is 12.3 Å². The minimum atomic E-state index is -0.393. The number of nitrogens with zero attached hydrogens (tertiary/aromatic N) is 4. The number of aromatic nitrogens is 4. The van der Waals surface area contributed by atoms with E-state index in [4.69, 9.17) is 21.3 Å². The molecular formula is C24H23ClFN5O2. The average Bonchev–Trinajstić information content (AvgIpc) is 3.39. The summed E-state index contributed by atoms with van der Waals surface area (Å²) in [6.45, 7) is 1.72. The Balaban J connectivity index is 1.53. The van der Waals surface area contributed by atoms with E-state index in [0.717, 1.165) is 11.9 Å². The molecule has 5 rings (SSSR count). The van der Waals surface area contributed by atoms with Gasteiger partial charge in [0.2, 0.25) is 0 Å². The van der Waals surface area contributed by atoms with Crippen molar-refractivity contribution in [2.75, 3.05) is 27.2 Å². The SMILES string of the molecule is CN(C)CCn1cc(C(=O)C2COc3ccc(F)cc3C2)c2ccc(-c3cn[nH]c3Cl)nc21. The van der Waals surface area contributed by atoms with Crippen molar-refractivity contribution in [3.8, 4) is 17.0 Å². The molecular weight excluding hydrogens is 445 g/mol. The van der Waals surface area contributed by atoms with Crippen LogP contribution in [-0.4, -0.2) is 57.7 Å². The van der Waals surface area contributed by atoms with E-state index in [1.807, 2.05) is 37.0 Å². The zero-order valence-electron chi connectivity index (χ0n) is 18.3. The third-order valence-electron chi connectivity index (χ3n) is 5.94. The molecule has 1 atom stereocenters. The van der Waals surface area contributed by atoms with Gasteiger partial charge < -0.3 is 14.2 Å². The van der Waals surface area contributed by atoms with E-state index < -0.39 is 5.92 Å². The van der Waals surface area contributed by atoms with Crippen LogP contribution in [-0.2, 0) is 13.0 Å². The number of carbonyl (C=O) groups excluding carboxylic acids is 1. The van der Waals surface area contributed by atoms with Gasteiger partial charge in [-0.05, 0) is 56.4 Å². The molecule has 9 heteroatoms. The van der Waals surface area contributed by atoms with Crippen molar-refractivity contribution in [3.05, 3.63) is 64.8 Å². The van der Waals surface area contributed by atoms with Crippen LogP contribution in [0, 0.1) is 11.7 Å². The number of ether oxygens (including phenoxy) is 1. The van der Waals surface area contributed by atoms with Crippen molar-refractivity contribution in [1.29, 1.82) is 0 Å². The van der Waals surface area contributed by atoms with Gasteiger partial charge in [0.1, 0.15) is 22.4 Å². The normalized spacial score (nSPS) is 15.6. The van der Waals surface area contributed by atoms with Gasteiger partial charge in [-0.2, -0.15) is 5.10 Å². The number of hydrogen-bond donors (Lipinski definition) is 1. The first kappa shape index (κ1) is 21.6. The highest BCUT2D eigenvalue weighted by Gasteiger charge is 2.29. The van der Waals surface area contributed by atoms with Gasteiger partial charge >= 0.3 is 0 Å². The summed E-state index contributed by atoms with van der Waals surface area (Å²) in [6.07, 6.45) is 3.93. The van der Waals surface area contributed by atoms with Crippen molar-refractivity contribution in [2.24, 2.45) is 5.92 Å². The molecule has 1 N–H and O–H groups in total. The van der Waals surface area contributed by atoms with E-state index in [-0.39, 0.29) is 18.2 Å². The number of aromatic amines is 1. The van der Waals surface area contributed by atoms with Crippen LogP contribution in [0.3, 0.4) is 0 Å². The van der Waals surface area contributed by atoms with Crippen LogP contribution in [0.2, 0.25) is 5.15 Å². The zero-order chi connectivity index (χ0) is 23.1. The molecule has 0 radical (unpaired) electrons. The number of Topliss-reactive ketones (excluding diaryl/α,β-unsaturated/α-hetero) is 1. The van der Waals surface area contributed by atoms with Crippen LogP contribution in [0.4, 0.5) is 4.39 Å². The van der Waals surface area contributed by atoms with Gasteiger partial charge in [0, 0.05) is 30.2 Å². The van der Waals surface area contributed by atoms with Crippen molar-refractivity contribution in [3.63, 3.8) is 0 Å². The lowest BCUT2D eigenvalue weighted by molar-refractivity contribution is 0.0856. The van der Waals surface area contributed by atoms with Gasteiger partial charge in [-0.15, -0.1) is 0 Å². The molecule has 1 unspecified atom stereocenters. The summed E-state index contributed by atoms with van der Waals surface area (Å²) in [4.78, 5) is 20.5. The highest BCUT2D eigenvalue weighted by atomic mass is 35.5. The minimum Gasteiger partial charge on any atom is -0.493 e. The number of H-pyrrole nitrogens is 1. The number of carbonyl (C=O) groups is 1. The first-order chi connectivity index (χ1) is 15.9. The fourth-order valence-corrected chi connectivity index (χ4v) is 4.38. The lowest BCUT2D eigenvalue weighted by Crippen LogP contribution is -2.28. The zero-order valence-corrected chi connectivity index (χ0v) is 19.1. The van der Waals surface area contributed by atoms with Crippen LogP contribution in [0.25, 0.3) is 22.3 Å². The Morgan fingerprint density at radius 2 is 2.18 bits per heavy atom. The second-order valence-electron chi connectivity index (χ2n) is 8.53. The molecule has 33 heavy (non-hydrogen) atoms. The van der Waals surface area contributed by atoms with Crippen molar-refractivity contribution >= 4 is 28.4 Å². The Morgan fingerprint density at radius 1 is 1.33 bits per heavy atom. The fraction of sp³-hybridized carbons (Fsp3) is 0.292. The number of halogens is 2. The second-order valence-corrected chi connectivity index (χ2v) is 8.91. The first-order valence-corrected chi connectivity index (χ1v) is 11.1. The maximum Gasteiger partial charge on any atom is 0.171 e. The summed E-state index contributed by atoms with van der Waals surface area (Å²) >= 11 is 6.21. The molecule has 170 valence electrons. The molecule has 4 aromatic rings. The summed E-state index contributed by atoms with van der Waals surface area (Å²) < 4.78 is 21.5. The maximum absolute atomic E-state index is 13.7. The smallest absolute Gasteiger partial charge is 0.171 e. The van der Waals surface area contributed by atoms with E-state index in [1.165, 1.54) is 12.1 Å². The molecule has 1 aromatic carbocycles. The number of nitrogens with one attached hydrogen (secondary N) is 1. The third-order valence-corrected chi connectivity index (χ3v) is 6.23. The van der Waals surface area contributed by atoms with Crippen LogP contribution in [0.15, 0.2) is 42.7 Å². The first-order valence-electron chi connectivity index (χ1n) is 10.7. The lowest BCUT2D eigenvalue weighted by atomic mass is 9.90. The molecule has 0 saturated carbocycles. The van der Waals surface area contributed by atoms with Crippen LogP contribution < -0.4 is 4.74 Å². The van der Waals surface area contributed by atoms with Gasteiger partial charge in [0.05, 0.1) is 30.0 Å². The fourth-order valence-electron chi connectivity index (χ4n) is 4.19. The molecule has 4 heterocycles. The van der Waals surface area contributed by atoms with Gasteiger partial charge in [0.15, 0.2) is 5.78 Å². The third kappa shape index (κ3) is 4.12.